The van der Waals surface area contributed by atoms with Gasteiger partial charge in [-0.3, -0.25) is 4.79 Å². The van der Waals surface area contributed by atoms with Crippen molar-refractivity contribution < 1.29 is 4.79 Å². The van der Waals surface area contributed by atoms with Gasteiger partial charge in [-0.05, 0) is 50.8 Å². The van der Waals surface area contributed by atoms with Crippen LogP contribution in [-0.2, 0) is 4.79 Å². The second-order valence-electron chi connectivity index (χ2n) is 5.84. The Morgan fingerprint density at radius 3 is 2.48 bits per heavy atom. The maximum Gasteiger partial charge on any atom is 0.220 e. The fourth-order valence-electron chi connectivity index (χ4n) is 2.82. The van der Waals surface area contributed by atoms with Crippen LogP contribution in [0.4, 0.5) is 0 Å². The summed E-state index contributed by atoms with van der Waals surface area (Å²) >= 11 is 0. The molecular formula is C17H27ClN2O. The fraction of sp³-hybridized carbons (Fsp3) is 0.588. The highest BCUT2D eigenvalue weighted by Crippen LogP contribution is 2.20. The zero-order valence-electron chi connectivity index (χ0n) is 13.0. The predicted octanol–water partition coefficient (Wildman–Crippen LogP) is 3.37. The Hall–Kier alpha value is -1.06. The van der Waals surface area contributed by atoms with Gasteiger partial charge in [-0.1, -0.05) is 36.8 Å². The summed E-state index contributed by atoms with van der Waals surface area (Å²) in [5.41, 5.74) is 2.46. The van der Waals surface area contributed by atoms with Crippen LogP contribution in [0.5, 0.6) is 0 Å². The topological polar surface area (TPSA) is 41.1 Å². The second kappa shape index (κ2) is 9.06. The molecule has 1 fully saturated rings. The third-order valence-electron chi connectivity index (χ3n) is 4.16. The van der Waals surface area contributed by atoms with E-state index >= 15 is 0 Å². The molecule has 2 N–H and O–H groups in total. The van der Waals surface area contributed by atoms with Crippen molar-refractivity contribution in [1.82, 2.24) is 10.6 Å². The van der Waals surface area contributed by atoms with Gasteiger partial charge < -0.3 is 10.6 Å². The number of hydrogen-bond acceptors (Lipinski definition) is 2. The SMILES string of the molecule is CCC(NC(=O)CC1CCNCC1)c1ccc(C)cc1.Cl. The number of benzene rings is 1. The number of aryl methyl sites for hydroxylation is 1. The maximum atomic E-state index is 12.2. The van der Waals surface area contributed by atoms with E-state index in [0.29, 0.717) is 12.3 Å². The Balaban J connectivity index is 0.00000220. The van der Waals surface area contributed by atoms with Gasteiger partial charge in [0, 0.05) is 6.42 Å². The third kappa shape index (κ3) is 5.68. The highest BCUT2D eigenvalue weighted by Gasteiger charge is 2.19. The molecule has 4 heteroatoms. The first-order chi connectivity index (χ1) is 9.69. The summed E-state index contributed by atoms with van der Waals surface area (Å²) in [6.45, 7) is 6.30. The summed E-state index contributed by atoms with van der Waals surface area (Å²) in [6, 6.07) is 8.60. The van der Waals surface area contributed by atoms with Gasteiger partial charge in [0.1, 0.15) is 0 Å². The van der Waals surface area contributed by atoms with Gasteiger partial charge in [-0.15, -0.1) is 12.4 Å². The van der Waals surface area contributed by atoms with Gasteiger partial charge in [-0.2, -0.15) is 0 Å². The second-order valence-corrected chi connectivity index (χ2v) is 5.84. The first-order valence-electron chi connectivity index (χ1n) is 7.75. The quantitative estimate of drug-likeness (QED) is 0.875. The number of carbonyl (C=O) groups is 1. The van der Waals surface area contributed by atoms with Crippen molar-refractivity contribution >= 4 is 18.3 Å². The molecule has 1 heterocycles. The van der Waals surface area contributed by atoms with Crippen LogP contribution in [0, 0.1) is 12.8 Å². The molecular weight excluding hydrogens is 284 g/mol. The Kier molecular flexibility index (Phi) is 7.76. The molecule has 21 heavy (non-hydrogen) atoms. The monoisotopic (exact) mass is 310 g/mol. The number of carbonyl (C=O) groups excluding carboxylic acids is 1. The summed E-state index contributed by atoms with van der Waals surface area (Å²) in [7, 11) is 0. The molecule has 1 amide bonds. The van der Waals surface area contributed by atoms with Gasteiger partial charge >= 0.3 is 0 Å². The smallest absolute Gasteiger partial charge is 0.220 e. The fourth-order valence-corrected chi connectivity index (χ4v) is 2.82. The summed E-state index contributed by atoms with van der Waals surface area (Å²) in [4.78, 5) is 12.2. The van der Waals surface area contributed by atoms with Gasteiger partial charge in [-0.25, -0.2) is 0 Å². The predicted molar refractivity (Wildman–Crippen MR) is 89.8 cm³/mol. The molecule has 0 aromatic heterocycles. The normalized spacial score (nSPS) is 16.9. The molecule has 2 rings (SSSR count). The van der Waals surface area contributed by atoms with Gasteiger partial charge in [0.2, 0.25) is 5.91 Å². The lowest BCUT2D eigenvalue weighted by Crippen LogP contribution is -2.33. The van der Waals surface area contributed by atoms with E-state index in [1.807, 2.05) is 0 Å². The molecule has 0 radical (unpaired) electrons. The van der Waals surface area contributed by atoms with Crippen LogP contribution in [0.3, 0.4) is 0 Å². The Morgan fingerprint density at radius 2 is 1.90 bits per heavy atom. The van der Waals surface area contributed by atoms with Crippen molar-refractivity contribution in [3.63, 3.8) is 0 Å². The number of hydrogen-bond donors (Lipinski definition) is 2. The zero-order valence-corrected chi connectivity index (χ0v) is 13.8. The zero-order chi connectivity index (χ0) is 14.4. The highest BCUT2D eigenvalue weighted by atomic mass is 35.5. The van der Waals surface area contributed by atoms with Gasteiger partial charge in [0.05, 0.1) is 6.04 Å². The maximum absolute atomic E-state index is 12.2. The molecule has 1 aliphatic rings. The van der Waals surface area contributed by atoms with Crippen LogP contribution in [0.25, 0.3) is 0 Å². The summed E-state index contributed by atoms with van der Waals surface area (Å²) in [5, 5.41) is 6.53. The van der Waals surface area contributed by atoms with Gasteiger partial charge in [0.25, 0.3) is 0 Å². The van der Waals surface area contributed by atoms with E-state index < -0.39 is 0 Å². The molecule has 0 spiro atoms. The lowest BCUT2D eigenvalue weighted by molar-refractivity contribution is -0.123. The van der Waals surface area contributed by atoms with Crippen molar-refractivity contribution in [3.8, 4) is 0 Å². The lowest BCUT2D eigenvalue weighted by Gasteiger charge is -2.24. The van der Waals surface area contributed by atoms with E-state index in [2.05, 4.69) is 48.7 Å². The minimum atomic E-state index is 0. The number of piperidine rings is 1. The number of halogens is 1. The molecule has 118 valence electrons. The summed E-state index contributed by atoms with van der Waals surface area (Å²) < 4.78 is 0. The molecule has 1 aromatic rings. The van der Waals surface area contributed by atoms with Crippen molar-refractivity contribution in [2.45, 2.75) is 45.6 Å². The number of nitrogens with one attached hydrogen (secondary N) is 2. The van der Waals surface area contributed by atoms with E-state index in [4.69, 9.17) is 0 Å². The number of rotatable bonds is 5. The van der Waals surface area contributed by atoms with Gasteiger partial charge in [0.15, 0.2) is 0 Å². The molecule has 1 unspecified atom stereocenters. The molecule has 1 aromatic carbocycles. The Bertz CT molecular complexity index is 427. The van der Waals surface area contributed by atoms with E-state index in [-0.39, 0.29) is 24.4 Å². The number of amides is 1. The van der Waals surface area contributed by atoms with Crippen molar-refractivity contribution in [1.29, 1.82) is 0 Å². The molecule has 1 saturated heterocycles. The minimum Gasteiger partial charge on any atom is -0.349 e. The molecule has 0 saturated carbocycles. The van der Waals surface area contributed by atoms with E-state index in [0.717, 1.165) is 32.4 Å². The minimum absolute atomic E-state index is 0. The van der Waals surface area contributed by atoms with Crippen LogP contribution in [0.2, 0.25) is 0 Å². The third-order valence-corrected chi connectivity index (χ3v) is 4.16. The standard InChI is InChI=1S/C17H26N2O.ClH/c1-3-16(15-6-4-13(2)5-7-15)19-17(20)12-14-8-10-18-11-9-14;/h4-7,14,16,18H,3,8-12H2,1-2H3,(H,19,20);1H. The van der Waals surface area contributed by atoms with Crippen LogP contribution < -0.4 is 10.6 Å². The van der Waals surface area contributed by atoms with Crippen molar-refractivity contribution in [3.05, 3.63) is 35.4 Å². The van der Waals surface area contributed by atoms with Crippen LogP contribution >= 0.6 is 12.4 Å². The van der Waals surface area contributed by atoms with E-state index in [9.17, 15) is 4.79 Å². The Labute approximate surface area is 134 Å². The van der Waals surface area contributed by atoms with Crippen molar-refractivity contribution in [2.75, 3.05) is 13.1 Å². The van der Waals surface area contributed by atoms with Crippen LogP contribution in [0.1, 0.15) is 49.8 Å². The lowest BCUT2D eigenvalue weighted by atomic mass is 9.94. The molecule has 0 bridgehead atoms. The highest BCUT2D eigenvalue weighted by molar-refractivity contribution is 5.85. The molecule has 1 aliphatic heterocycles. The first kappa shape index (κ1) is 18.0. The Morgan fingerprint density at radius 1 is 1.29 bits per heavy atom. The first-order valence-corrected chi connectivity index (χ1v) is 7.75. The molecule has 1 atom stereocenters. The van der Waals surface area contributed by atoms with Crippen molar-refractivity contribution in [2.24, 2.45) is 5.92 Å². The average molecular weight is 311 g/mol. The molecule has 3 nitrogen and oxygen atoms in total. The van der Waals surface area contributed by atoms with E-state index in [1.165, 1.54) is 11.1 Å². The van der Waals surface area contributed by atoms with Crippen LogP contribution in [0.15, 0.2) is 24.3 Å². The summed E-state index contributed by atoms with van der Waals surface area (Å²) in [5.74, 6) is 0.746. The average Bonchev–Trinajstić information content (AvgIpc) is 2.47. The largest absolute Gasteiger partial charge is 0.349 e. The summed E-state index contributed by atoms with van der Waals surface area (Å²) in [6.07, 6.45) is 3.84. The molecule has 0 aliphatic carbocycles. The van der Waals surface area contributed by atoms with Crippen LogP contribution in [-0.4, -0.2) is 19.0 Å². The van der Waals surface area contributed by atoms with E-state index in [1.54, 1.807) is 0 Å².